The van der Waals surface area contributed by atoms with E-state index in [1.807, 2.05) is 4.90 Å². The van der Waals surface area contributed by atoms with Crippen molar-refractivity contribution in [2.45, 2.75) is 26.3 Å². The van der Waals surface area contributed by atoms with E-state index >= 15 is 0 Å². The normalized spacial score (nSPS) is 12.2. The van der Waals surface area contributed by atoms with Crippen LogP contribution in [0.2, 0.25) is 5.02 Å². The summed E-state index contributed by atoms with van der Waals surface area (Å²) in [6, 6.07) is 5.19. The van der Waals surface area contributed by atoms with E-state index in [0.717, 1.165) is 6.42 Å². The highest BCUT2D eigenvalue weighted by Crippen LogP contribution is 2.26. The third kappa shape index (κ3) is 4.11. The SMILES string of the molecule is CCC(C)N(CCOC)c1ccc(Cl)cc1C(=O)O. The van der Waals surface area contributed by atoms with Gasteiger partial charge in [0.25, 0.3) is 0 Å². The summed E-state index contributed by atoms with van der Waals surface area (Å²) < 4.78 is 5.10. The van der Waals surface area contributed by atoms with Crippen LogP contribution in [0.25, 0.3) is 0 Å². The summed E-state index contributed by atoms with van der Waals surface area (Å²) in [4.78, 5) is 13.4. The predicted octanol–water partition coefficient (Wildman–Crippen LogP) is 3.29. The fourth-order valence-corrected chi connectivity index (χ4v) is 2.09. The molecule has 4 nitrogen and oxygen atoms in total. The number of carbonyl (C=O) groups is 1. The number of rotatable bonds is 7. The van der Waals surface area contributed by atoms with Gasteiger partial charge in [-0.3, -0.25) is 0 Å². The molecule has 1 N–H and O–H groups in total. The molecular formula is C14H20ClNO3. The molecule has 0 aliphatic heterocycles. The molecule has 0 saturated heterocycles. The second kappa shape index (κ2) is 7.36. The minimum absolute atomic E-state index is 0.226. The summed E-state index contributed by atoms with van der Waals surface area (Å²) in [6.45, 7) is 5.33. The van der Waals surface area contributed by atoms with Crippen LogP contribution in [0.3, 0.4) is 0 Å². The molecule has 0 saturated carbocycles. The first-order chi connectivity index (χ1) is 9.01. The molecule has 0 fully saturated rings. The van der Waals surface area contributed by atoms with Crippen LogP contribution in [0.15, 0.2) is 18.2 Å². The number of ether oxygens (including phenoxy) is 1. The van der Waals surface area contributed by atoms with Gasteiger partial charge in [-0.15, -0.1) is 0 Å². The van der Waals surface area contributed by atoms with Crippen LogP contribution < -0.4 is 4.90 Å². The quantitative estimate of drug-likeness (QED) is 0.835. The van der Waals surface area contributed by atoms with Crippen LogP contribution in [0, 0.1) is 0 Å². The second-order valence-electron chi connectivity index (χ2n) is 4.41. The maximum Gasteiger partial charge on any atom is 0.337 e. The van der Waals surface area contributed by atoms with Crippen molar-refractivity contribution in [2.24, 2.45) is 0 Å². The first kappa shape index (κ1) is 15.8. The van der Waals surface area contributed by atoms with Gasteiger partial charge < -0.3 is 14.7 Å². The van der Waals surface area contributed by atoms with Gasteiger partial charge in [0, 0.05) is 24.7 Å². The Labute approximate surface area is 118 Å². The summed E-state index contributed by atoms with van der Waals surface area (Å²) in [6.07, 6.45) is 0.922. The van der Waals surface area contributed by atoms with Crippen molar-refractivity contribution in [1.82, 2.24) is 0 Å². The molecule has 0 amide bonds. The van der Waals surface area contributed by atoms with Crippen molar-refractivity contribution in [3.63, 3.8) is 0 Å². The van der Waals surface area contributed by atoms with E-state index in [0.29, 0.717) is 23.9 Å². The van der Waals surface area contributed by atoms with Gasteiger partial charge in [-0.1, -0.05) is 18.5 Å². The zero-order chi connectivity index (χ0) is 14.4. The molecule has 1 aromatic rings. The van der Waals surface area contributed by atoms with Gasteiger partial charge in [-0.2, -0.15) is 0 Å². The van der Waals surface area contributed by atoms with Crippen LogP contribution in [-0.2, 0) is 4.74 Å². The van der Waals surface area contributed by atoms with Crippen molar-refractivity contribution in [1.29, 1.82) is 0 Å². The fourth-order valence-electron chi connectivity index (χ4n) is 1.92. The highest BCUT2D eigenvalue weighted by Gasteiger charge is 2.19. The molecule has 0 aliphatic carbocycles. The van der Waals surface area contributed by atoms with E-state index in [4.69, 9.17) is 16.3 Å². The average Bonchev–Trinajstić information content (AvgIpc) is 2.39. The number of methoxy groups -OCH3 is 1. The molecule has 0 spiro atoms. The molecule has 1 unspecified atom stereocenters. The second-order valence-corrected chi connectivity index (χ2v) is 4.85. The molecule has 0 radical (unpaired) electrons. The van der Waals surface area contributed by atoms with Gasteiger partial charge in [-0.05, 0) is 31.5 Å². The highest BCUT2D eigenvalue weighted by molar-refractivity contribution is 6.31. The number of carboxylic acids is 1. The number of hydrogen-bond donors (Lipinski definition) is 1. The van der Waals surface area contributed by atoms with Crippen LogP contribution in [-0.4, -0.2) is 37.4 Å². The van der Waals surface area contributed by atoms with Crippen LogP contribution in [0.5, 0.6) is 0 Å². The van der Waals surface area contributed by atoms with Crippen molar-refractivity contribution in [2.75, 3.05) is 25.2 Å². The summed E-state index contributed by atoms with van der Waals surface area (Å²) in [5.41, 5.74) is 0.909. The van der Waals surface area contributed by atoms with Gasteiger partial charge in [0.1, 0.15) is 0 Å². The Hall–Kier alpha value is -1.26. The molecule has 5 heteroatoms. The zero-order valence-corrected chi connectivity index (χ0v) is 12.3. The summed E-state index contributed by atoms with van der Waals surface area (Å²) in [7, 11) is 1.63. The number of anilines is 1. The van der Waals surface area contributed by atoms with Crippen molar-refractivity contribution in [3.8, 4) is 0 Å². The number of nitrogens with zero attached hydrogens (tertiary/aromatic N) is 1. The van der Waals surface area contributed by atoms with E-state index in [9.17, 15) is 9.90 Å². The monoisotopic (exact) mass is 285 g/mol. The number of benzene rings is 1. The summed E-state index contributed by atoms with van der Waals surface area (Å²) in [5, 5.41) is 9.73. The van der Waals surface area contributed by atoms with E-state index < -0.39 is 5.97 Å². The lowest BCUT2D eigenvalue weighted by Gasteiger charge is -2.31. The molecule has 1 aromatic carbocycles. The van der Waals surface area contributed by atoms with E-state index in [1.54, 1.807) is 19.2 Å². The molecule has 106 valence electrons. The highest BCUT2D eigenvalue weighted by atomic mass is 35.5. The third-order valence-corrected chi connectivity index (χ3v) is 3.39. The Morgan fingerprint density at radius 3 is 2.74 bits per heavy atom. The molecule has 0 aliphatic rings. The molecule has 19 heavy (non-hydrogen) atoms. The lowest BCUT2D eigenvalue weighted by atomic mass is 10.1. The van der Waals surface area contributed by atoms with Crippen LogP contribution in [0.1, 0.15) is 30.6 Å². The topological polar surface area (TPSA) is 49.8 Å². The Bertz CT molecular complexity index is 437. The zero-order valence-electron chi connectivity index (χ0n) is 11.5. The Balaban J connectivity index is 3.17. The first-order valence-electron chi connectivity index (χ1n) is 6.29. The van der Waals surface area contributed by atoms with E-state index in [1.165, 1.54) is 6.07 Å². The Morgan fingerprint density at radius 1 is 1.53 bits per heavy atom. The largest absolute Gasteiger partial charge is 0.478 e. The first-order valence-corrected chi connectivity index (χ1v) is 6.67. The van der Waals surface area contributed by atoms with Crippen LogP contribution >= 0.6 is 11.6 Å². The lowest BCUT2D eigenvalue weighted by Crippen LogP contribution is -2.36. The van der Waals surface area contributed by atoms with Crippen molar-refractivity contribution in [3.05, 3.63) is 28.8 Å². The lowest BCUT2D eigenvalue weighted by molar-refractivity contribution is 0.0697. The molecular weight excluding hydrogens is 266 g/mol. The minimum atomic E-state index is -0.969. The molecule has 0 aromatic heterocycles. The smallest absolute Gasteiger partial charge is 0.337 e. The maximum atomic E-state index is 11.3. The molecule has 0 heterocycles. The number of carboxylic acid groups (broad SMARTS) is 1. The standard InChI is InChI=1S/C14H20ClNO3/c1-4-10(2)16(7-8-19-3)13-6-5-11(15)9-12(13)14(17)18/h5-6,9-10H,4,7-8H2,1-3H3,(H,17,18). The Morgan fingerprint density at radius 2 is 2.21 bits per heavy atom. The van der Waals surface area contributed by atoms with E-state index in [2.05, 4.69) is 13.8 Å². The number of hydrogen-bond acceptors (Lipinski definition) is 3. The van der Waals surface area contributed by atoms with Gasteiger partial charge in [0.15, 0.2) is 0 Å². The molecule has 1 rings (SSSR count). The van der Waals surface area contributed by atoms with Gasteiger partial charge in [0.2, 0.25) is 0 Å². The van der Waals surface area contributed by atoms with Gasteiger partial charge in [0.05, 0.1) is 17.9 Å². The van der Waals surface area contributed by atoms with Crippen LogP contribution in [0.4, 0.5) is 5.69 Å². The Kier molecular flexibility index (Phi) is 6.12. The number of aromatic carboxylic acids is 1. The fraction of sp³-hybridized carbons (Fsp3) is 0.500. The summed E-state index contributed by atoms with van der Waals surface area (Å²) >= 11 is 5.88. The molecule has 0 bridgehead atoms. The van der Waals surface area contributed by atoms with Crippen molar-refractivity contribution < 1.29 is 14.6 Å². The number of halogens is 1. The third-order valence-electron chi connectivity index (χ3n) is 3.16. The average molecular weight is 286 g/mol. The summed E-state index contributed by atoms with van der Waals surface area (Å²) in [5.74, 6) is -0.969. The van der Waals surface area contributed by atoms with Crippen molar-refractivity contribution >= 4 is 23.3 Å². The van der Waals surface area contributed by atoms with E-state index in [-0.39, 0.29) is 11.6 Å². The van der Waals surface area contributed by atoms with Gasteiger partial charge in [-0.25, -0.2) is 4.79 Å². The molecule has 1 atom stereocenters. The van der Waals surface area contributed by atoms with Gasteiger partial charge >= 0.3 is 5.97 Å². The minimum Gasteiger partial charge on any atom is -0.478 e. The predicted molar refractivity (Wildman–Crippen MR) is 77.4 cm³/mol. The maximum absolute atomic E-state index is 11.3.